The van der Waals surface area contributed by atoms with Gasteiger partial charge in [0.15, 0.2) is 0 Å². The van der Waals surface area contributed by atoms with Gasteiger partial charge in [-0.1, -0.05) is 12.5 Å². The fourth-order valence-corrected chi connectivity index (χ4v) is 4.97. The predicted octanol–water partition coefficient (Wildman–Crippen LogP) is 2.47. The monoisotopic (exact) mass is 314 g/mol. The standard InChI is InChI=1S/C14H22N2O2S2/c1-11(12-4-2-5-12)16-20(17,18)9-8-19-14-7-3-6-13(15)10-14/h3,6-7,10-12,16H,2,4-5,8-9,15H2,1H3. The highest BCUT2D eigenvalue weighted by Gasteiger charge is 2.26. The number of sulfonamides is 1. The normalized spacial score (nSPS) is 17.6. The summed E-state index contributed by atoms with van der Waals surface area (Å²) in [4.78, 5) is 1.01. The number of anilines is 1. The molecule has 1 unspecified atom stereocenters. The Labute approximate surface area is 125 Å². The lowest BCUT2D eigenvalue weighted by Crippen LogP contribution is -2.41. The van der Waals surface area contributed by atoms with Gasteiger partial charge in [0.1, 0.15) is 0 Å². The van der Waals surface area contributed by atoms with Crippen molar-refractivity contribution in [1.82, 2.24) is 4.72 Å². The third-order valence-electron chi connectivity index (χ3n) is 3.70. The highest BCUT2D eigenvalue weighted by atomic mass is 32.2. The number of benzene rings is 1. The molecule has 1 aliphatic rings. The van der Waals surface area contributed by atoms with E-state index < -0.39 is 10.0 Å². The predicted molar refractivity (Wildman–Crippen MR) is 85.3 cm³/mol. The summed E-state index contributed by atoms with van der Waals surface area (Å²) in [5, 5.41) is 0. The molecule has 1 aliphatic carbocycles. The maximum absolute atomic E-state index is 12.0. The van der Waals surface area contributed by atoms with Crippen molar-refractivity contribution in [3.05, 3.63) is 24.3 Å². The molecule has 0 spiro atoms. The molecule has 2 rings (SSSR count). The Kier molecular flexibility index (Phi) is 5.35. The quantitative estimate of drug-likeness (QED) is 0.599. The van der Waals surface area contributed by atoms with Crippen molar-refractivity contribution in [2.75, 3.05) is 17.2 Å². The molecule has 0 aromatic heterocycles. The molecule has 0 heterocycles. The summed E-state index contributed by atoms with van der Waals surface area (Å²) in [5.74, 6) is 1.20. The van der Waals surface area contributed by atoms with E-state index in [1.807, 2.05) is 31.2 Å². The molecule has 112 valence electrons. The van der Waals surface area contributed by atoms with Crippen molar-refractivity contribution >= 4 is 27.5 Å². The second kappa shape index (κ2) is 6.83. The number of thioether (sulfide) groups is 1. The van der Waals surface area contributed by atoms with Crippen LogP contribution in [0.4, 0.5) is 5.69 Å². The number of hydrogen-bond acceptors (Lipinski definition) is 4. The minimum Gasteiger partial charge on any atom is -0.399 e. The molecular weight excluding hydrogens is 292 g/mol. The molecular formula is C14H22N2O2S2. The molecule has 20 heavy (non-hydrogen) atoms. The average molecular weight is 314 g/mol. The summed E-state index contributed by atoms with van der Waals surface area (Å²) >= 11 is 1.52. The summed E-state index contributed by atoms with van der Waals surface area (Å²) in [6, 6.07) is 7.57. The SMILES string of the molecule is CC(NS(=O)(=O)CCSc1cccc(N)c1)C1CCC1. The largest absolute Gasteiger partial charge is 0.399 e. The lowest BCUT2D eigenvalue weighted by Gasteiger charge is -2.31. The summed E-state index contributed by atoms with van der Waals surface area (Å²) < 4.78 is 26.8. The van der Waals surface area contributed by atoms with Crippen LogP contribution in [0, 0.1) is 5.92 Å². The van der Waals surface area contributed by atoms with Crippen LogP contribution in [0.15, 0.2) is 29.2 Å². The second-order valence-electron chi connectivity index (χ2n) is 5.34. The van der Waals surface area contributed by atoms with Gasteiger partial charge in [-0.05, 0) is 43.9 Å². The van der Waals surface area contributed by atoms with Gasteiger partial charge in [0.25, 0.3) is 0 Å². The molecule has 4 nitrogen and oxygen atoms in total. The van der Waals surface area contributed by atoms with E-state index in [1.165, 1.54) is 18.2 Å². The number of hydrogen-bond donors (Lipinski definition) is 2. The van der Waals surface area contributed by atoms with Gasteiger partial charge in [-0.2, -0.15) is 0 Å². The smallest absolute Gasteiger partial charge is 0.212 e. The summed E-state index contributed by atoms with van der Waals surface area (Å²) in [6.07, 6.45) is 3.51. The maximum atomic E-state index is 12.0. The number of nitrogen functional groups attached to an aromatic ring is 1. The molecule has 1 aromatic carbocycles. The second-order valence-corrected chi connectivity index (χ2v) is 8.38. The van der Waals surface area contributed by atoms with E-state index in [9.17, 15) is 8.42 Å². The van der Waals surface area contributed by atoms with Crippen molar-refractivity contribution < 1.29 is 8.42 Å². The first-order chi connectivity index (χ1) is 9.46. The molecule has 1 atom stereocenters. The molecule has 6 heteroatoms. The Morgan fingerprint density at radius 1 is 1.45 bits per heavy atom. The van der Waals surface area contributed by atoms with Gasteiger partial charge in [-0.3, -0.25) is 0 Å². The topological polar surface area (TPSA) is 72.2 Å². The van der Waals surface area contributed by atoms with Crippen molar-refractivity contribution in [3.8, 4) is 0 Å². The zero-order chi connectivity index (χ0) is 14.6. The molecule has 3 N–H and O–H groups in total. The Morgan fingerprint density at radius 2 is 2.20 bits per heavy atom. The van der Waals surface area contributed by atoms with Gasteiger partial charge in [-0.25, -0.2) is 13.1 Å². The summed E-state index contributed by atoms with van der Waals surface area (Å²) in [6.45, 7) is 1.96. The van der Waals surface area contributed by atoms with E-state index in [2.05, 4.69) is 4.72 Å². The maximum Gasteiger partial charge on any atom is 0.212 e. The average Bonchev–Trinajstić information content (AvgIpc) is 2.25. The van der Waals surface area contributed by atoms with Gasteiger partial charge in [0.05, 0.1) is 5.75 Å². The van der Waals surface area contributed by atoms with Crippen molar-refractivity contribution in [1.29, 1.82) is 0 Å². The lowest BCUT2D eigenvalue weighted by molar-refractivity contribution is 0.260. The van der Waals surface area contributed by atoms with Gasteiger partial charge in [0, 0.05) is 22.4 Å². The van der Waals surface area contributed by atoms with Gasteiger partial charge in [-0.15, -0.1) is 11.8 Å². The van der Waals surface area contributed by atoms with Crippen LogP contribution in [0.2, 0.25) is 0 Å². The van der Waals surface area contributed by atoms with Crippen molar-refractivity contribution in [2.24, 2.45) is 5.92 Å². The fraction of sp³-hybridized carbons (Fsp3) is 0.571. The molecule has 0 aliphatic heterocycles. The third-order valence-corrected chi connectivity index (χ3v) is 6.43. The van der Waals surface area contributed by atoms with E-state index in [4.69, 9.17) is 5.73 Å². The first-order valence-electron chi connectivity index (χ1n) is 6.94. The molecule has 1 aromatic rings. The number of nitrogens with two attached hydrogens (primary N) is 1. The lowest BCUT2D eigenvalue weighted by atomic mass is 9.81. The molecule has 1 saturated carbocycles. The molecule has 0 amide bonds. The van der Waals surface area contributed by atoms with Crippen LogP contribution in [0.1, 0.15) is 26.2 Å². The van der Waals surface area contributed by atoms with Gasteiger partial charge < -0.3 is 5.73 Å². The first-order valence-corrected chi connectivity index (χ1v) is 9.58. The van der Waals surface area contributed by atoms with E-state index >= 15 is 0 Å². The number of nitrogens with one attached hydrogen (secondary N) is 1. The van der Waals surface area contributed by atoms with E-state index in [0.29, 0.717) is 17.4 Å². The highest BCUT2D eigenvalue weighted by molar-refractivity contribution is 8.00. The van der Waals surface area contributed by atoms with E-state index in [0.717, 1.165) is 17.7 Å². The highest BCUT2D eigenvalue weighted by Crippen LogP contribution is 2.29. The Balaban J connectivity index is 1.77. The first kappa shape index (κ1) is 15.7. The van der Waals surface area contributed by atoms with Crippen LogP contribution in [-0.4, -0.2) is 26.0 Å². The van der Waals surface area contributed by atoms with Crippen LogP contribution in [0.5, 0.6) is 0 Å². The Morgan fingerprint density at radius 3 is 2.80 bits per heavy atom. The molecule has 0 radical (unpaired) electrons. The van der Waals surface area contributed by atoms with Crippen LogP contribution in [-0.2, 0) is 10.0 Å². The fourth-order valence-electron chi connectivity index (χ4n) is 2.25. The van der Waals surface area contributed by atoms with E-state index in [-0.39, 0.29) is 11.8 Å². The molecule has 1 fully saturated rings. The summed E-state index contributed by atoms with van der Waals surface area (Å²) in [5.41, 5.74) is 6.40. The molecule has 0 saturated heterocycles. The zero-order valence-electron chi connectivity index (χ0n) is 11.7. The Hall–Kier alpha value is -0.720. The van der Waals surface area contributed by atoms with Gasteiger partial charge >= 0.3 is 0 Å². The third kappa shape index (κ3) is 4.68. The zero-order valence-corrected chi connectivity index (χ0v) is 13.3. The minimum atomic E-state index is -3.18. The van der Waals surface area contributed by atoms with Gasteiger partial charge in [0.2, 0.25) is 10.0 Å². The van der Waals surface area contributed by atoms with Crippen molar-refractivity contribution in [2.45, 2.75) is 37.1 Å². The van der Waals surface area contributed by atoms with E-state index in [1.54, 1.807) is 0 Å². The summed E-state index contributed by atoms with van der Waals surface area (Å²) in [7, 11) is -3.18. The van der Waals surface area contributed by atoms with Crippen LogP contribution in [0.3, 0.4) is 0 Å². The minimum absolute atomic E-state index is 0.0612. The molecule has 0 bridgehead atoms. The Bertz CT molecular complexity index is 542. The van der Waals surface area contributed by atoms with Crippen LogP contribution >= 0.6 is 11.8 Å². The number of rotatable bonds is 7. The van der Waals surface area contributed by atoms with Crippen LogP contribution < -0.4 is 10.5 Å². The van der Waals surface area contributed by atoms with Crippen molar-refractivity contribution in [3.63, 3.8) is 0 Å². The van der Waals surface area contributed by atoms with Crippen LogP contribution in [0.25, 0.3) is 0 Å².